The molecule has 10 heteroatoms. The van der Waals surface area contributed by atoms with Crippen LogP contribution in [0.15, 0.2) is 24.3 Å². The van der Waals surface area contributed by atoms with Crippen molar-refractivity contribution in [2.45, 2.75) is 82.8 Å². The van der Waals surface area contributed by atoms with Crippen molar-refractivity contribution in [2.24, 2.45) is 0 Å². The first-order valence-electron chi connectivity index (χ1n) is 12.8. The maximum Gasteiger partial charge on any atom is 0.408 e. The second-order valence-electron chi connectivity index (χ2n) is 11.0. The quantitative estimate of drug-likeness (QED) is 0.627. The number of fused-ring (bicyclic) bond motifs is 2. The molecule has 0 aromatic heterocycles. The molecule has 0 aliphatic carbocycles. The number of rotatable bonds is 6. The summed E-state index contributed by atoms with van der Waals surface area (Å²) in [4.78, 5) is 44.9. The molecule has 3 fully saturated rings. The Kier molecular flexibility index (Phi) is 7.42. The van der Waals surface area contributed by atoms with Gasteiger partial charge in [0.25, 0.3) is 0 Å². The van der Waals surface area contributed by atoms with Crippen LogP contribution in [0.25, 0.3) is 0 Å². The third-order valence-electron chi connectivity index (χ3n) is 7.32. The maximum atomic E-state index is 13.5. The molecule has 3 amide bonds. The lowest BCUT2D eigenvalue weighted by Gasteiger charge is -2.39. The summed E-state index contributed by atoms with van der Waals surface area (Å²) in [6.07, 6.45) is 1.27. The number of benzene rings is 1. The lowest BCUT2D eigenvalue weighted by Crippen LogP contribution is -2.59. The fraction of sp³-hybridized carbons (Fsp3) is 0.593. The van der Waals surface area contributed by atoms with Crippen LogP contribution in [0, 0.1) is 22.7 Å². The summed E-state index contributed by atoms with van der Waals surface area (Å²) in [5, 5.41) is 21.4. The van der Waals surface area contributed by atoms with Gasteiger partial charge in [-0.2, -0.15) is 10.5 Å². The van der Waals surface area contributed by atoms with E-state index in [4.69, 9.17) is 4.74 Å². The second-order valence-corrected chi connectivity index (χ2v) is 11.0. The van der Waals surface area contributed by atoms with Crippen LogP contribution in [0.1, 0.15) is 64.1 Å². The van der Waals surface area contributed by atoms with Crippen molar-refractivity contribution in [1.82, 2.24) is 20.0 Å². The Balaban J connectivity index is 1.48. The summed E-state index contributed by atoms with van der Waals surface area (Å²) in [7, 11) is 0. The third kappa shape index (κ3) is 5.55. The number of nitrogens with one attached hydrogen (secondary N) is 1. The van der Waals surface area contributed by atoms with Crippen molar-refractivity contribution in [2.75, 3.05) is 19.6 Å². The van der Waals surface area contributed by atoms with Crippen LogP contribution in [-0.2, 0) is 14.3 Å². The number of carbonyl (C=O) groups excluding carboxylic acids is 3. The molecular formula is C27H34N6O4. The molecule has 1 N–H and O–H groups in total. The molecule has 1 aromatic rings. The van der Waals surface area contributed by atoms with E-state index in [1.165, 1.54) is 4.90 Å². The summed E-state index contributed by atoms with van der Waals surface area (Å²) < 4.78 is 5.40. The standard InChI is InChI=1S/C27H34N6O4/c1-17(19-8-5-7-18(11-19)13-28)33-21-12-23(25(33)35)31(15-21)16-22(30-26(36)37-27(2,3)4)24(34)32-10-6-9-20(32)14-29/h5,7-8,11,17,20-23H,6,9-10,12,15-16H2,1-4H3,(H,30,36)/t17-,20-,21+,22-,23+/m0/s1. The smallest absolute Gasteiger partial charge is 0.408 e. The van der Waals surface area contributed by atoms with Gasteiger partial charge < -0.3 is 19.9 Å². The number of nitrogens with zero attached hydrogens (tertiary/aromatic N) is 5. The van der Waals surface area contributed by atoms with Gasteiger partial charge in [0.1, 0.15) is 17.7 Å². The Labute approximate surface area is 217 Å². The Morgan fingerprint density at radius 3 is 2.68 bits per heavy atom. The molecule has 0 saturated carbocycles. The molecule has 0 unspecified atom stereocenters. The Bertz CT molecular complexity index is 1150. The lowest BCUT2D eigenvalue weighted by atomic mass is 10.0. The number of piperazine rings is 1. The molecule has 0 radical (unpaired) electrons. The van der Waals surface area contributed by atoms with Crippen LogP contribution in [0.5, 0.6) is 0 Å². The zero-order valence-corrected chi connectivity index (χ0v) is 21.8. The Morgan fingerprint density at radius 1 is 1.27 bits per heavy atom. The largest absolute Gasteiger partial charge is 0.444 e. The predicted octanol–water partition coefficient (Wildman–Crippen LogP) is 2.31. The van der Waals surface area contributed by atoms with Gasteiger partial charge in [-0.25, -0.2) is 4.79 Å². The van der Waals surface area contributed by atoms with E-state index in [1.807, 2.05) is 34.9 Å². The monoisotopic (exact) mass is 506 g/mol. The summed E-state index contributed by atoms with van der Waals surface area (Å²) in [5.41, 5.74) is 0.723. The normalized spacial score (nSPS) is 24.9. The summed E-state index contributed by atoms with van der Waals surface area (Å²) in [5.74, 6) is -0.352. The topological polar surface area (TPSA) is 130 Å². The van der Waals surface area contributed by atoms with E-state index in [0.29, 0.717) is 31.5 Å². The Morgan fingerprint density at radius 2 is 2.03 bits per heavy atom. The fourth-order valence-electron chi connectivity index (χ4n) is 5.66. The van der Waals surface area contributed by atoms with E-state index in [0.717, 1.165) is 12.0 Å². The minimum Gasteiger partial charge on any atom is -0.444 e. The van der Waals surface area contributed by atoms with E-state index in [9.17, 15) is 24.9 Å². The van der Waals surface area contributed by atoms with Crippen LogP contribution in [0.3, 0.4) is 0 Å². The summed E-state index contributed by atoms with van der Waals surface area (Å²) in [6.45, 7) is 8.39. The highest BCUT2D eigenvalue weighted by Crippen LogP contribution is 2.38. The maximum absolute atomic E-state index is 13.5. The average Bonchev–Trinajstić information content (AvgIpc) is 3.56. The number of hydrogen-bond acceptors (Lipinski definition) is 7. The van der Waals surface area contributed by atoms with Crippen molar-refractivity contribution in [1.29, 1.82) is 10.5 Å². The zero-order chi connectivity index (χ0) is 26.9. The molecule has 0 spiro atoms. The van der Waals surface area contributed by atoms with Crippen LogP contribution in [0.2, 0.25) is 0 Å². The molecule has 3 heterocycles. The first-order chi connectivity index (χ1) is 17.5. The van der Waals surface area contributed by atoms with Crippen LogP contribution in [0.4, 0.5) is 4.79 Å². The minimum absolute atomic E-state index is 0.0225. The van der Waals surface area contributed by atoms with Gasteiger partial charge in [-0.3, -0.25) is 14.5 Å². The molecule has 10 nitrogen and oxygen atoms in total. The van der Waals surface area contributed by atoms with E-state index in [1.54, 1.807) is 26.8 Å². The number of nitriles is 2. The van der Waals surface area contributed by atoms with Crippen LogP contribution >= 0.6 is 0 Å². The lowest BCUT2D eigenvalue weighted by molar-refractivity contribution is -0.141. The van der Waals surface area contributed by atoms with E-state index in [2.05, 4.69) is 17.5 Å². The molecule has 5 atom stereocenters. The first-order valence-corrected chi connectivity index (χ1v) is 12.8. The summed E-state index contributed by atoms with van der Waals surface area (Å²) in [6, 6.07) is 9.54. The predicted molar refractivity (Wildman–Crippen MR) is 134 cm³/mol. The van der Waals surface area contributed by atoms with Gasteiger partial charge in [0, 0.05) is 25.7 Å². The Hall–Kier alpha value is -3.63. The molecule has 1 aromatic carbocycles. The van der Waals surface area contributed by atoms with Gasteiger partial charge in [-0.15, -0.1) is 0 Å². The number of alkyl carbamates (subject to hydrolysis) is 1. The number of ether oxygens (including phenoxy) is 1. The van der Waals surface area contributed by atoms with Crippen molar-refractivity contribution in [3.8, 4) is 12.1 Å². The number of likely N-dealkylation sites (tertiary alicyclic amines) is 3. The molecule has 3 aliphatic rings. The summed E-state index contributed by atoms with van der Waals surface area (Å²) >= 11 is 0. The average molecular weight is 507 g/mol. The number of carbonyl (C=O) groups is 3. The van der Waals surface area contributed by atoms with Crippen LogP contribution < -0.4 is 5.32 Å². The molecule has 4 rings (SSSR count). The van der Waals surface area contributed by atoms with Crippen molar-refractivity contribution in [3.63, 3.8) is 0 Å². The van der Waals surface area contributed by atoms with Gasteiger partial charge in [-0.05, 0) is 64.7 Å². The van der Waals surface area contributed by atoms with E-state index < -0.39 is 29.8 Å². The highest BCUT2D eigenvalue weighted by Gasteiger charge is 2.52. The highest BCUT2D eigenvalue weighted by molar-refractivity contribution is 5.88. The van der Waals surface area contributed by atoms with E-state index >= 15 is 0 Å². The molecule has 3 saturated heterocycles. The molecule has 37 heavy (non-hydrogen) atoms. The van der Waals surface area contributed by atoms with Gasteiger partial charge in [0.05, 0.1) is 29.8 Å². The van der Waals surface area contributed by atoms with Gasteiger partial charge in [-0.1, -0.05) is 12.1 Å². The minimum atomic E-state index is -0.936. The SMILES string of the molecule is C[C@@H](c1cccc(C#N)c1)N1C(=O)[C@H]2C[C@@H]1CN2C[C@H](NC(=O)OC(C)(C)C)C(=O)N1CCC[C@H]1C#N. The van der Waals surface area contributed by atoms with Crippen molar-refractivity contribution >= 4 is 17.9 Å². The van der Waals surface area contributed by atoms with Gasteiger partial charge >= 0.3 is 6.09 Å². The molecular weight excluding hydrogens is 472 g/mol. The number of hydrogen-bond donors (Lipinski definition) is 1. The molecule has 3 aliphatic heterocycles. The van der Waals surface area contributed by atoms with E-state index in [-0.39, 0.29) is 30.4 Å². The van der Waals surface area contributed by atoms with Crippen molar-refractivity contribution in [3.05, 3.63) is 35.4 Å². The third-order valence-corrected chi connectivity index (χ3v) is 7.32. The van der Waals surface area contributed by atoms with Crippen molar-refractivity contribution < 1.29 is 19.1 Å². The molecule has 196 valence electrons. The van der Waals surface area contributed by atoms with Gasteiger partial charge in [0.2, 0.25) is 11.8 Å². The van der Waals surface area contributed by atoms with Crippen LogP contribution in [-0.4, -0.2) is 82.0 Å². The second kappa shape index (κ2) is 10.4. The number of amides is 3. The molecule has 2 bridgehead atoms. The van der Waals surface area contributed by atoms with Gasteiger partial charge in [0.15, 0.2) is 0 Å². The first kappa shape index (κ1) is 26.4. The zero-order valence-electron chi connectivity index (χ0n) is 21.8. The highest BCUT2D eigenvalue weighted by atomic mass is 16.6. The fourth-order valence-corrected chi connectivity index (χ4v) is 5.66.